The molecule has 27 heavy (non-hydrogen) atoms. The Bertz CT molecular complexity index is 813. The van der Waals surface area contributed by atoms with Crippen LogP contribution in [0.4, 0.5) is 0 Å². The van der Waals surface area contributed by atoms with Crippen LogP contribution in [-0.2, 0) is 9.59 Å². The standard InChI is InChI=1S/C20H26N4O2S/c1-15-11-16(2)13-18(12-15)24-8-5-21-20(24)27-14-19(26)23-7-4-6-22(9-10-23)17(3)25/h5,8,11-13H,4,6-7,9-10,14H2,1-3H3. The maximum Gasteiger partial charge on any atom is 0.233 e. The molecule has 6 nitrogen and oxygen atoms in total. The van der Waals surface area contributed by atoms with Crippen LogP contribution in [0.3, 0.4) is 0 Å². The van der Waals surface area contributed by atoms with Crippen molar-refractivity contribution in [3.8, 4) is 5.69 Å². The number of rotatable bonds is 4. The molecule has 2 heterocycles. The van der Waals surface area contributed by atoms with E-state index in [1.54, 1.807) is 13.1 Å². The first-order valence-corrected chi connectivity index (χ1v) is 10.2. The van der Waals surface area contributed by atoms with Crippen LogP contribution in [0.25, 0.3) is 5.69 Å². The molecule has 7 heteroatoms. The van der Waals surface area contributed by atoms with Gasteiger partial charge in [-0.3, -0.25) is 14.2 Å². The predicted molar refractivity (Wildman–Crippen MR) is 107 cm³/mol. The van der Waals surface area contributed by atoms with Crippen molar-refractivity contribution in [1.29, 1.82) is 0 Å². The molecular formula is C20H26N4O2S. The van der Waals surface area contributed by atoms with Gasteiger partial charge in [-0.2, -0.15) is 0 Å². The summed E-state index contributed by atoms with van der Waals surface area (Å²) in [4.78, 5) is 32.3. The average Bonchev–Trinajstić information content (AvgIpc) is 2.93. The van der Waals surface area contributed by atoms with Gasteiger partial charge >= 0.3 is 0 Å². The van der Waals surface area contributed by atoms with Crippen LogP contribution < -0.4 is 0 Å². The zero-order valence-corrected chi connectivity index (χ0v) is 17.0. The van der Waals surface area contributed by atoms with Crippen molar-refractivity contribution in [3.63, 3.8) is 0 Å². The third-order valence-electron chi connectivity index (χ3n) is 4.71. The molecule has 0 radical (unpaired) electrons. The first-order chi connectivity index (χ1) is 12.9. The lowest BCUT2D eigenvalue weighted by Crippen LogP contribution is -2.37. The highest BCUT2D eigenvalue weighted by Gasteiger charge is 2.21. The molecule has 1 aromatic carbocycles. The number of nitrogens with zero attached hydrogens (tertiary/aromatic N) is 4. The summed E-state index contributed by atoms with van der Waals surface area (Å²) in [5, 5.41) is 0.813. The van der Waals surface area contributed by atoms with Gasteiger partial charge in [0.15, 0.2) is 5.16 Å². The molecule has 144 valence electrons. The summed E-state index contributed by atoms with van der Waals surface area (Å²) in [5.41, 5.74) is 3.46. The van der Waals surface area contributed by atoms with E-state index in [0.29, 0.717) is 25.4 Å². The number of hydrogen-bond acceptors (Lipinski definition) is 4. The van der Waals surface area contributed by atoms with Crippen molar-refractivity contribution in [2.24, 2.45) is 0 Å². The summed E-state index contributed by atoms with van der Waals surface area (Å²) >= 11 is 1.46. The Morgan fingerprint density at radius 1 is 1.04 bits per heavy atom. The Morgan fingerprint density at radius 2 is 1.70 bits per heavy atom. The van der Waals surface area contributed by atoms with Crippen LogP contribution in [-0.4, -0.2) is 63.1 Å². The number of carbonyl (C=O) groups excluding carboxylic acids is 2. The van der Waals surface area contributed by atoms with E-state index < -0.39 is 0 Å². The van der Waals surface area contributed by atoms with Gasteiger partial charge in [0.2, 0.25) is 11.8 Å². The minimum Gasteiger partial charge on any atom is -0.341 e. The van der Waals surface area contributed by atoms with Crippen LogP contribution in [0.1, 0.15) is 24.5 Å². The maximum absolute atomic E-state index is 12.6. The van der Waals surface area contributed by atoms with Crippen molar-refractivity contribution < 1.29 is 9.59 Å². The number of aromatic nitrogens is 2. The van der Waals surface area contributed by atoms with Gasteiger partial charge in [0.25, 0.3) is 0 Å². The second-order valence-corrected chi connectivity index (χ2v) is 7.90. The monoisotopic (exact) mass is 386 g/mol. The Morgan fingerprint density at radius 3 is 2.41 bits per heavy atom. The van der Waals surface area contributed by atoms with Crippen LogP contribution in [0.2, 0.25) is 0 Å². The number of imidazole rings is 1. The Kier molecular flexibility index (Phi) is 6.21. The summed E-state index contributed by atoms with van der Waals surface area (Å²) in [6.45, 7) is 8.38. The topological polar surface area (TPSA) is 58.4 Å². The molecule has 0 N–H and O–H groups in total. The van der Waals surface area contributed by atoms with Crippen LogP contribution >= 0.6 is 11.8 Å². The smallest absolute Gasteiger partial charge is 0.233 e. The van der Waals surface area contributed by atoms with Gasteiger partial charge < -0.3 is 9.80 Å². The summed E-state index contributed by atoms with van der Waals surface area (Å²) < 4.78 is 2.03. The van der Waals surface area contributed by atoms with Gasteiger partial charge in [0.1, 0.15) is 0 Å². The normalized spacial score (nSPS) is 14.9. The highest BCUT2D eigenvalue weighted by atomic mass is 32.2. The fourth-order valence-electron chi connectivity index (χ4n) is 3.38. The minimum absolute atomic E-state index is 0.0779. The molecule has 0 aliphatic carbocycles. The molecule has 0 bridgehead atoms. The predicted octanol–water partition coefficient (Wildman–Crippen LogP) is 2.66. The first-order valence-electron chi connectivity index (χ1n) is 9.22. The van der Waals surface area contributed by atoms with Crippen LogP contribution in [0.15, 0.2) is 35.7 Å². The Labute approximate surface area is 164 Å². The second kappa shape index (κ2) is 8.61. The molecular weight excluding hydrogens is 360 g/mol. The quantitative estimate of drug-likeness (QED) is 0.758. The number of amides is 2. The van der Waals surface area contributed by atoms with Crippen molar-refractivity contribution >= 4 is 23.6 Å². The third-order valence-corrected chi connectivity index (χ3v) is 5.66. The van der Waals surface area contributed by atoms with E-state index in [-0.39, 0.29) is 11.8 Å². The molecule has 1 aliphatic heterocycles. The van der Waals surface area contributed by atoms with Gasteiger partial charge in [-0.1, -0.05) is 17.8 Å². The highest BCUT2D eigenvalue weighted by Crippen LogP contribution is 2.22. The summed E-state index contributed by atoms with van der Waals surface area (Å²) in [7, 11) is 0. The van der Waals surface area contributed by atoms with E-state index in [4.69, 9.17) is 0 Å². The van der Waals surface area contributed by atoms with Gasteiger partial charge in [0, 0.05) is 51.2 Å². The molecule has 0 saturated carbocycles. The number of benzene rings is 1. The van der Waals surface area contributed by atoms with E-state index in [9.17, 15) is 9.59 Å². The number of aryl methyl sites for hydroxylation is 2. The van der Waals surface area contributed by atoms with Crippen molar-refractivity contribution in [2.45, 2.75) is 32.3 Å². The molecule has 3 rings (SSSR count). The fraction of sp³-hybridized carbons (Fsp3) is 0.450. The Hall–Kier alpha value is -2.28. The van der Waals surface area contributed by atoms with E-state index in [1.165, 1.54) is 22.9 Å². The fourth-order valence-corrected chi connectivity index (χ4v) is 4.26. The van der Waals surface area contributed by atoms with Crippen LogP contribution in [0.5, 0.6) is 0 Å². The lowest BCUT2D eigenvalue weighted by atomic mass is 10.1. The molecule has 0 unspecified atom stereocenters. The maximum atomic E-state index is 12.6. The molecule has 1 saturated heterocycles. The van der Waals surface area contributed by atoms with E-state index in [1.807, 2.05) is 20.6 Å². The molecule has 2 aromatic rings. The average molecular weight is 387 g/mol. The van der Waals surface area contributed by atoms with Gasteiger partial charge in [0.05, 0.1) is 5.75 Å². The van der Waals surface area contributed by atoms with Crippen molar-refractivity contribution in [2.75, 3.05) is 31.9 Å². The zero-order valence-electron chi connectivity index (χ0n) is 16.1. The largest absolute Gasteiger partial charge is 0.341 e. The lowest BCUT2D eigenvalue weighted by molar-refractivity contribution is -0.130. The van der Waals surface area contributed by atoms with Gasteiger partial charge in [-0.15, -0.1) is 0 Å². The molecule has 2 amide bonds. The van der Waals surface area contributed by atoms with Crippen molar-refractivity contribution in [1.82, 2.24) is 19.4 Å². The summed E-state index contributed by atoms with van der Waals surface area (Å²) in [6.07, 6.45) is 4.52. The van der Waals surface area contributed by atoms with E-state index in [2.05, 4.69) is 37.0 Å². The lowest BCUT2D eigenvalue weighted by Gasteiger charge is -2.21. The van der Waals surface area contributed by atoms with Gasteiger partial charge in [-0.25, -0.2) is 4.98 Å². The number of thioether (sulfide) groups is 1. The second-order valence-electron chi connectivity index (χ2n) is 6.95. The van der Waals surface area contributed by atoms with Gasteiger partial charge in [-0.05, 0) is 43.5 Å². The number of carbonyl (C=O) groups is 2. The van der Waals surface area contributed by atoms with E-state index >= 15 is 0 Å². The SMILES string of the molecule is CC(=O)N1CCCN(C(=O)CSc2nccn2-c2cc(C)cc(C)c2)CC1. The summed E-state index contributed by atoms with van der Waals surface area (Å²) in [6, 6.07) is 6.37. The molecule has 1 fully saturated rings. The molecule has 1 aromatic heterocycles. The highest BCUT2D eigenvalue weighted by molar-refractivity contribution is 7.99. The van der Waals surface area contributed by atoms with Crippen molar-refractivity contribution in [3.05, 3.63) is 41.7 Å². The molecule has 0 spiro atoms. The van der Waals surface area contributed by atoms with E-state index in [0.717, 1.165) is 23.8 Å². The third kappa shape index (κ3) is 4.91. The number of hydrogen-bond donors (Lipinski definition) is 0. The van der Waals surface area contributed by atoms with Crippen LogP contribution in [0, 0.1) is 13.8 Å². The molecule has 0 atom stereocenters. The first kappa shape index (κ1) is 19.5. The Balaban J connectivity index is 1.63. The summed E-state index contributed by atoms with van der Waals surface area (Å²) in [5.74, 6) is 0.525. The zero-order chi connectivity index (χ0) is 19.4. The minimum atomic E-state index is 0.0779. The molecule has 1 aliphatic rings.